The monoisotopic (exact) mass is 384 g/mol. The van der Waals surface area contributed by atoms with Gasteiger partial charge in [0.05, 0.1) is 13.1 Å². The molecule has 0 bridgehead atoms. The molecule has 2 aromatic rings. The predicted octanol–water partition coefficient (Wildman–Crippen LogP) is 2.10. The third kappa shape index (κ3) is 5.80. The van der Waals surface area contributed by atoms with Crippen molar-refractivity contribution in [1.82, 2.24) is 10.6 Å². The Morgan fingerprint density at radius 2 is 2.04 bits per heavy atom. The zero-order valence-electron chi connectivity index (χ0n) is 14.0. The molecule has 2 rings (SSSR count). The summed E-state index contributed by atoms with van der Waals surface area (Å²) >= 11 is 1.12. The van der Waals surface area contributed by atoms with Gasteiger partial charge in [-0.1, -0.05) is 12.1 Å². The van der Waals surface area contributed by atoms with E-state index in [1.807, 2.05) is 6.92 Å². The molecule has 0 atom stereocenters. The third-order valence-corrected chi connectivity index (χ3v) is 5.86. The number of benzene rings is 1. The third-order valence-electron chi connectivity index (χ3n) is 3.33. The van der Waals surface area contributed by atoms with Crippen LogP contribution in [0.1, 0.15) is 22.9 Å². The number of hydrogen-bond acceptors (Lipinski definition) is 4. The van der Waals surface area contributed by atoms with Crippen molar-refractivity contribution in [3.8, 4) is 0 Å². The summed E-state index contributed by atoms with van der Waals surface area (Å²) in [5.74, 6) is 0.358. The number of rotatable bonds is 6. The molecule has 1 aromatic carbocycles. The van der Waals surface area contributed by atoms with E-state index < -0.39 is 10.0 Å². The lowest BCUT2D eigenvalue weighted by molar-refractivity contribution is 0.600. The quantitative estimate of drug-likeness (QED) is 0.525. The van der Waals surface area contributed by atoms with Gasteiger partial charge < -0.3 is 10.6 Å². The number of aliphatic imine (C=N–C) groups is 1. The fourth-order valence-corrected chi connectivity index (χ4v) is 3.81. The molecule has 0 aliphatic rings. The first-order valence-corrected chi connectivity index (χ1v) is 10.0. The molecule has 136 valence electrons. The second-order valence-corrected chi connectivity index (χ2v) is 8.35. The fourth-order valence-electron chi connectivity index (χ4n) is 2.09. The van der Waals surface area contributed by atoms with Gasteiger partial charge in [-0.25, -0.2) is 22.9 Å². The Morgan fingerprint density at radius 1 is 1.28 bits per heavy atom. The maximum Gasteiger partial charge on any atom is 0.247 e. The minimum Gasteiger partial charge on any atom is -0.357 e. The molecule has 0 radical (unpaired) electrons. The number of primary sulfonamides is 1. The summed E-state index contributed by atoms with van der Waals surface area (Å²) < 4.78 is 36.0. The Bertz CT molecular complexity index is 863. The van der Waals surface area contributed by atoms with E-state index in [1.54, 1.807) is 25.1 Å². The van der Waals surface area contributed by atoms with Gasteiger partial charge in [0.2, 0.25) is 10.0 Å². The zero-order chi connectivity index (χ0) is 18.4. The average molecular weight is 385 g/mol. The lowest BCUT2D eigenvalue weighted by Crippen LogP contribution is -2.36. The van der Waals surface area contributed by atoms with Crippen LogP contribution in [0.25, 0.3) is 0 Å². The number of thiophene rings is 1. The van der Waals surface area contributed by atoms with Crippen LogP contribution >= 0.6 is 11.3 Å². The predicted molar refractivity (Wildman–Crippen MR) is 98.5 cm³/mol. The highest BCUT2D eigenvalue weighted by molar-refractivity contribution is 7.91. The first-order chi connectivity index (χ1) is 11.8. The Morgan fingerprint density at radius 3 is 2.64 bits per heavy atom. The van der Waals surface area contributed by atoms with Gasteiger partial charge in [0, 0.05) is 11.4 Å². The van der Waals surface area contributed by atoms with Crippen molar-refractivity contribution in [2.24, 2.45) is 10.1 Å². The van der Waals surface area contributed by atoms with E-state index in [9.17, 15) is 12.8 Å². The summed E-state index contributed by atoms with van der Waals surface area (Å²) in [7, 11) is -3.67. The van der Waals surface area contributed by atoms with Crippen LogP contribution in [0.5, 0.6) is 0 Å². The van der Waals surface area contributed by atoms with Crippen LogP contribution < -0.4 is 15.8 Å². The molecule has 0 aliphatic heterocycles. The Labute approximate surface area is 151 Å². The van der Waals surface area contributed by atoms with Crippen LogP contribution in [0.4, 0.5) is 4.39 Å². The summed E-state index contributed by atoms with van der Waals surface area (Å²) in [5, 5.41) is 11.4. The maximum absolute atomic E-state index is 13.3. The average Bonchev–Trinajstić information content (AvgIpc) is 3.02. The maximum atomic E-state index is 13.3. The Hall–Kier alpha value is -1.97. The first kappa shape index (κ1) is 19.4. The van der Waals surface area contributed by atoms with Crippen molar-refractivity contribution in [2.45, 2.75) is 31.1 Å². The molecule has 9 heteroatoms. The largest absolute Gasteiger partial charge is 0.357 e. The number of nitrogens with zero attached hydrogens (tertiary/aromatic N) is 1. The summed E-state index contributed by atoms with van der Waals surface area (Å²) in [6.45, 7) is 5.17. The van der Waals surface area contributed by atoms with Crippen LogP contribution in [0.2, 0.25) is 0 Å². The SMILES string of the molecule is CCNC(=NCc1ccc(F)c(C)c1)NCc1ccc(S(N)(=O)=O)s1. The highest BCUT2D eigenvalue weighted by Crippen LogP contribution is 2.19. The van der Waals surface area contributed by atoms with E-state index >= 15 is 0 Å². The van der Waals surface area contributed by atoms with E-state index in [1.165, 1.54) is 12.1 Å². The molecule has 0 saturated carbocycles. The number of halogens is 1. The number of nitrogens with two attached hydrogens (primary N) is 1. The molecule has 0 fully saturated rings. The second-order valence-electron chi connectivity index (χ2n) is 5.40. The first-order valence-electron chi connectivity index (χ1n) is 7.68. The van der Waals surface area contributed by atoms with E-state index in [2.05, 4.69) is 15.6 Å². The van der Waals surface area contributed by atoms with Gasteiger partial charge in [0.1, 0.15) is 10.0 Å². The lowest BCUT2D eigenvalue weighted by atomic mass is 10.1. The van der Waals surface area contributed by atoms with Crippen LogP contribution in [-0.2, 0) is 23.1 Å². The molecule has 0 saturated heterocycles. The summed E-state index contributed by atoms with van der Waals surface area (Å²) in [4.78, 5) is 5.28. The van der Waals surface area contributed by atoms with E-state index in [4.69, 9.17) is 5.14 Å². The van der Waals surface area contributed by atoms with Gasteiger partial charge in [-0.3, -0.25) is 0 Å². The van der Waals surface area contributed by atoms with Crippen molar-refractivity contribution >= 4 is 27.3 Å². The number of aryl methyl sites for hydroxylation is 1. The fraction of sp³-hybridized carbons (Fsp3) is 0.312. The molecular weight excluding hydrogens is 363 g/mol. The highest BCUT2D eigenvalue weighted by atomic mass is 32.2. The van der Waals surface area contributed by atoms with Crippen molar-refractivity contribution < 1.29 is 12.8 Å². The van der Waals surface area contributed by atoms with E-state index in [0.29, 0.717) is 31.2 Å². The molecule has 1 aromatic heterocycles. The van der Waals surface area contributed by atoms with Crippen molar-refractivity contribution in [3.05, 3.63) is 52.2 Å². The molecule has 0 aliphatic carbocycles. The van der Waals surface area contributed by atoms with Gasteiger partial charge >= 0.3 is 0 Å². The molecule has 0 amide bonds. The van der Waals surface area contributed by atoms with Crippen LogP contribution in [-0.4, -0.2) is 20.9 Å². The number of nitrogens with one attached hydrogen (secondary N) is 2. The number of sulfonamides is 1. The van der Waals surface area contributed by atoms with Gasteiger partial charge in [0.15, 0.2) is 5.96 Å². The Kier molecular flexibility index (Phi) is 6.51. The minimum absolute atomic E-state index is 0.132. The molecule has 0 unspecified atom stereocenters. The summed E-state index contributed by atoms with van der Waals surface area (Å²) in [6, 6.07) is 8.10. The molecule has 6 nitrogen and oxygen atoms in total. The zero-order valence-corrected chi connectivity index (χ0v) is 15.7. The van der Waals surface area contributed by atoms with Crippen molar-refractivity contribution in [3.63, 3.8) is 0 Å². The summed E-state index contributed by atoms with van der Waals surface area (Å²) in [6.07, 6.45) is 0. The van der Waals surface area contributed by atoms with Crippen molar-refractivity contribution in [1.29, 1.82) is 0 Å². The van der Waals surface area contributed by atoms with E-state index in [-0.39, 0.29) is 10.0 Å². The molecule has 25 heavy (non-hydrogen) atoms. The Balaban J connectivity index is 2.02. The standard InChI is InChI=1S/C16H21FN4O2S2/c1-3-19-16(20-9-12-4-6-14(17)11(2)8-12)21-10-13-5-7-15(24-13)25(18,22)23/h4-8H,3,9-10H2,1-2H3,(H2,18,22,23)(H2,19,20,21). The number of guanidine groups is 1. The van der Waals surface area contributed by atoms with Gasteiger partial charge in [-0.05, 0) is 43.2 Å². The topological polar surface area (TPSA) is 96.6 Å². The lowest BCUT2D eigenvalue weighted by Gasteiger charge is -2.10. The number of hydrogen-bond donors (Lipinski definition) is 3. The summed E-state index contributed by atoms with van der Waals surface area (Å²) in [5.41, 5.74) is 1.49. The molecule has 4 N–H and O–H groups in total. The van der Waals surface area contributed by atoms with Crippen LogP contribution in [0.3, 0.4) is 0 Å². The van der Waals surface area contributed by atoms with Crippen LogP contribution in [0, 0.1) is 12.7 Å². The van der Waals surface area contributed by atoms with Gasteiger partial charge in [-0.15, -0.1) is 11.3 Å². The normalized spacial score (nSPS) is 12.2. The van der Waals surface area contributed by atoms with Gasteiger partial charge in [-0.2, -0.15) is 0 Å². The highest BCUT2D eigenvalue weighted by Gasteiger charge is 2.11. The van der Waals surface area contributed by atoms with Crippen molar-refractivity contribution in [2.75, 3.05) is 6.54 Å². The molecular formula is C16H21FN4O2S2. The second kappa shape index (κ2) is 8.41. The van der Waals surface area contributed by atoms with E-state index in [0.717, 1.165) is 21.8 Å². The minimum atomic E-state index is -3.67. The van der Waals surface area contributed by atoms with Crippen LogP contribution in [0.15, 0.2) is 39.5 Å². The molecule has 0 spiro atoms. The van der Waals surface area contributed by atoms with Gasteiger partial charge in [0.25, 0.3) is 0 Å². The smallest absolute Gasteiger partial charge is 0.247 e. The molecule has 1 heterocycles.